The predicted octanol–water partition coefficient (Wildman–Crippen LogP) is 5.32. The minimum absolute atomic E-state index is 0.0821. The number of aryl methyl sites for hydroxylation is 3. The Hall–Kier alpha value is -3.97. The number of sulfonamides is 1. The number of ketones is 1. The molecule has 6 nitrogen and oxygen atoms in total. The molecule has 0 fully saturated rings. The zero-order chi connectivity index (χ0) is 24.3. The van der Waals surface area contributed by atoms with E-state index in [-0.39, 0.29) is 22.1 Å². The molecule has 3 aromatic carbocycles. The van der Waals surface area contributed by atoms with Crippen LogP contribution in [0.1, 0.15) is 16.7 Å². The molecule has 0 amide bonds. The van der Waals surface area contributed by atoms with Gasteiger partial charge in [-0.1, -0.05) is 53.1 Å². The number of rotatable bonds is 6. The molecule has 34 heavy (non-hydrogen) atoms. The largest absolute Gasteiger partial charge is 0.354 e. The Morgan fingerprint density at radius 2 is 1.06 bits per heavy atom. The number of allylic oxidation sites excluding steroid dienone is 2. The zero-order valence-corrected chi connectivity index (χ0v) is 20.0. The average Bonchev–Trinajstić information content (AvgIpc) is 2.80. The SMILES string of the molecule is Cc1ccc(NC2=CC(=NS(=O)(=O)c3ccc(C)cc3)C(Nc3ccc(C)cc3)=CC2=O)cc1. The molecule has 4 rings (SSSR count). The van der Waals surface area contributed by atoms with Crippen molar-refractivity contribution in [2.45, 2.75) is 25.7 Å². The third-order valence-electron chi connectivity index (χ3n) is 5.30. The first-order valence-corrected chi connectivity index (χ1v) is 12.2. The first-order valence-electron chi connectivity index (χ1n) is 10.8. The maximum absolute atomic E-state index is 13.1. The number of nitrogens with one attached hydrogen (secondary N) is 2. The van der Waals surface area contributed by atoms with E-state index < -0.39 is 10.0 Å². The monoisotopic (exact) mass is 471 g/mol. The normalized spacial score (nSPS) is 15.0. The average molecular weight is 472 g/mol. The first-order chi connectivity index (χ1) is 16.2. The number of hydrogen-bond donors (Lipinski definition) is 2. The van der Waals surface area contributed by atoms with Crippen LogP contribution in [0.5, 0.6) is 0 Å². The number of hydrogen-bond acceptors (Lipinski definition) is 5. The summed E-state index contributed by atoms with van der Waals surface area (Å²) in [5, 5.41) is 6.21. The molecule has 3 aromatic rings. The van der Waals surface area contributed by atoms with Crippen molar-refractivity contribution in [3.05, 3.63) is 113 Å². The summed E-state index contributed by atoms with van der Waals surface area (Å²) in [6.07, 6.45) is 2.82. The standard InChI is InChI=1S/C27H25N3O3S/c1-18-4-10-21(11-5-18)28-24-17-27(31)26(29-22-12-6-19(2)7-13-22)16-25(24)30-34(32,33)23-14-8-20(3)9-15-23/h4-17,28-29H,1-3H3. The van der Waals surface area contributed by atoms with E-state index in [0.29, 0.717) is 17.1 Å². The van der Waals surface area contributed by atoms with Gasteiger partial charge in [-0.15, -0.1) is 0 Å². The van der Waals surface area contributed by atoms with E-state index in [1.807, 2.05) is 69.3 Å². The van der Waals surface area contributed by atoms with Gasteiger partial charge < -0.3 is 10.6 Å². The lowest BCUT2D eigenvalue weighted by Crippen LogP contribution is -2.23. The zero-order valence-electron chi connectivity index (χ0n) is 19.2. The summed E-state index contributed by atoms with van der Waals surface area (Å²) in [6, 6.07) is 21.6. The number of carbonyl (C=O) groups is 1. The maximum atomic E-state index is 13.1. The summed E-state index contributed by atoms with van der Waals surface area (Å²) in [5.41, 5.74) is 5.22. The van der Waals surface area contributed by atoms with E-state index in [9.17, 15) is 13.2 Å². The summed E-state index contributed by atoms with van der Waals surface area (Å²) in [7, 11) is -4.00. The van der Waals surface area contributed by atoms with Gasteiger partial charge in [0.2, 0.25) is 5.78 Å². The lowest BCUT2D eigenvalue weighted by atomic mass is 10.0. The molecular weight excluding hydrogens is 446 g/mol. The van der Waals surface area contributed by atoms with E-state index in [0.717, 1.165) is 16.7 Å². The van der Waals surface area contributed by atoms with Gasteiger partial charge in [0.25, 0.3) is 10.0 Å². The highest BCUT2D eigenvalue weighted by Gasteiger charge is 2.23. The van der Waals surface area contributed by atoms with Crippen molar-refractivity contribution in [3.8, 4) is 0 Å². The smallest absolute Gasteiger partial charge is 0.282 e. The number of carbonyl (C=O) groups excluding carboxylic acids is 1. The van der Waals surface area contributed by atoms with Crippen LogP contribution >= 0.6 is 0 Å². The summed E-state index contributed by atoms with van der Waals surface area (Å²) >= 11 is 0. The molecular formula is C27H25N3O3S. The van der Waals surface area contributed by atoms with Gasteiger partial charge in [-0.3, -0.25) is 4.79 Å². The molecule has 0 radical (unpaired) electrons. The van der Waals surface area contributed by atoms with Gasteiger partial charge >= 0.3 is 0 Å². The molecule has 0 heterocycles. The van der Waals surface area contributed by atoms with Gasteiger partial charge in [0.1, 0.15) is 5.71 Å². The minimum atomic E-state index is -4.00. The van der Waals surface area contributed by atoms with Crippen LogP contribution in [-0.2, 0) is 14.8 Å². The van der Waals surface area contributed by atoms with E-state index in [4.69, 9.17) is 0 Å². The lowest BCUT2D eigenvalue weighted by molar-refractivity contribution is -0.111. The molecule has 0 spiro atoms. The fourth-order valence-corrected chi connectivity index (χ4v) is 4.31. The second kappa shape index (κ2) is 9.49. The fraction of sp³-hybridized carbons (Fsp3) is 0.111. The van der Waals surface area contributed by atoms with Crippen LogP contribution in [0.25, 0.3) is 0 Å². The van der Waals surface area contributed by atoms with Crippen molar-refractivity contribution >= 4 is 32.9 Å². The summed E-state index contributed by atoms with van der Waals surface area (Å²) < 4.78 is 30.2. The van der Waals surface area contributed by atoms with Crippen molar-refractivity contribution in [3.63, 3.8) is 0 Å². The molecule has 0 aliphatic heterocycles. The maximum Gasteiger partial charge on any atom is 0.282 e. The van der Waals surface area contributed by atoms with Gasteiger partial charge in [0, 0.05) is 17.5 Å². The summed E-state index contributed by atoms with van der Waals surface area (Å²) in [6.45, 7) is 5.83. The predicted molar refractivity (Wildman–Crippen MR) is 137 cm³/mol. The topological polar surface area (TPSA) is 87.6 Å². The van der Waals surface area contributed by atoms with Gasteiger partial charge in [-0.2, -0.15) is 12.8 Å². The van der Waals surface area contributed by atoms with Crippen LogP contribution in [0.3, 0.4) is 0 Å². The molecule has 172 valence electrons. The van der Waals surface area contributed by atoms with Crippen LogP contribution in [0.4, 0.5) is 11.4 Å². The third kappa shape index (κ3) is 5.50. The highest BCUT2D eigenvalue weighted by Crippen LogP contribution is 2.22. The van der Waals surface area contributed by atoms with Crippen LogP contribution in [0, 0.1) is 20.8 Å². The first kappa shape index (κ1) is 23.2. The fourth-order valence-electron chi connectivity index (χ4n) is 3.32. The Balaban J connectivity index is 1.73. The molecule has 0 bridgehead atoms. The second-order valence-corrected chi connectivity index (χ2v) is 9.83. The number of anilines is 2. The van der Waals surface area contributed by atoms with Crippen molar-refractivity contribution in [1.82, 2.24) is 0 Å². The Bertz CT molecular complexity index is 1420. The van der Waals surface area contributed by atoms with Crippen molar-refractivity contribution in [2.75, 3.05) is 10.6 Å². The van der Waals surface area contributed by atoms with Crippen LogP contribution in [0.15, 0.2) is 106 Å². The summed E-state index contributed by atoms with van der Waals surface area (Å²) in [4.78, 5) is 13.0. The molecule has 0 saturated carbocycles. The van der Waals surface area contributed by atoms with Crippen LogP contribution in [0.2, 0.25) is 0 Å². The molecule has 1 aliphatic carbocycles. The van der Waals surface area contributed by atoms with Crippen molar-refractivity contribution < 1.29 is 13.2 Å². The van der Waals surface area contributed by atoms with E-state index in [1.54, 1.807) is 12.1 Å². The van der Waals surface area contributed by atoms with E-state index >= 15 is 0 Å². The molecule has 0 atom stereocenters. The third-order valence-corrected chi connectivity index (χ3v) is 6.60. The van der Waals surface area contributed by atoms with Crippen molar-refractivity contribution in [1.29, 1.82) is 0 Å². The van der Waals surface area contributed by atoms with Crippen LogP contribution < -0.4 is 10.6 Å². The van der Waals surface area contributed by atoms with Gasteiger partial charge in [-0.05, 0) is 63.2 Å². The minimum Gasteiger partial charge on any atom is -0.354 e. The lowest BCUT2D eigenvalue weighted by Gasteiger charge is -2.18. The van der Waals surface area contributed by atoms with Gasteiger partial charge in [-0.25, -0.2) is 0 Å². The number of benzene rings is 3. The Morgan fingerprint density at radius 3 is 1.56 bits per heavy atom. The molecule has 7 heteroatoms. The number of nitrogens with zero attached hydrogens (tertiary/aromatic N) is 1. The second-order valence-electron chi connectivity index (χ2n) is 8.23. The Labute approximate surface area is 199 Å². The molecule has 1 aliphatic rings. The highest BCUT2D eigenvalue weighted by molar-refractivity contribution is 7.90. The molecule has 0 saturated heterocycles. The van der Waals surface area contributed by atoms with Crippen LogP contribution in [-0.4, -0.2) is 19.9 Å². The highest BCUT2D eigenvalue weighted by atomic mass is 32.2. The van der Waals surface area contributed by atoms with E-state index in [1.165, 1.54) is 24.3 Å². The van der Waals surface area contributed by atoms with Gasteiger partial charge in [0.05, 0.1) is 16.3 Å². The molecule has 2 N–H and O–H groups in total. The summed E-state index contributed by atoms with van der Waals surface area (Å²) in [5.74, 6) is -0.290. The Kier molecular flexibility index (Phi) is 6.47. The Morgan fingerprint density at radius 1 is 0.618 bits per heavy atom. The van der Waals surface area contributed by atoms with Crippen molar-refractivity contribution in [2.24, 2.45) is 4.40 Å². The molecule has 0 aromatic heterocycles. The quantitative estimate of drug-likeness (QED) is 0.475. The van der Waals surface area contributed by atoms with Gasteiger partial charge in [0.15, 0.2) is 0 Å². The van der Waals surface area contributed by atoms with E-state index in [2.05, 4.69) is 15.0 Å². The molecule has 0 unspecified atom stereocenters.